The minimum absolute atomic E-state index is 0.0884. The van der Waals surface area contributed by atoms with Crippen molar-refractivity contribution in [1.82, 2.24) is 9.80 Å². The van der Waals surface area contributed by atoms with E-state index in [1.165, 1.54) is 6.26 Å². The molecule has 0 radical (unpaired) electrons. The van der Waals surface area contributed by atoms with Gasteiger partial charge in [0.1, 0.15) is 5.60 Å². The average molecular weight is 308 g/mol. The quantitative estimate of drug-likeness (QED) is 0.836. The molecule has 22 heavy (non-hydrogen) atoms. The molecular formula is C16H24N2O4. The van der Waals surface area contributed by atoms with E-state index in [9.17, 15) is 4.79 Å². The molecule has 6 nitrogen and oxygen atoms in total. The van der Waals surface area contributed by atoms with Gasteiger partial charge in [0.25, 0.3) is 5.91 Å². The summed E-state index contributed by atoms with van der Waals surface area (Å²) < 4.78 is 17.1. The first-order valence-corrected chi connectivity index (χ1v) is 7.77. The van der Waals surface area contributed by atoms with Crippen LogP contribution in [0.5, 0.6) is 0 Å². The molecule has 1 spiro atoms. The molecule has 2 atom stereocenters. The summed E-state index contributed by atoms with van der Waals surface area (Å²) in [6, 6.07) is 3.43. The first-order chi connectivity index (χ1) is 10.6. The second-order valence-electron chi connectivity index (χ2n) is 6.58. The molecule has 0 saturated carbocycles. The van der Waals surface area contributed by atoms with Crippen molar-refractivity contribution in [2.45, 2.75) is 12.0 Å². The maximum atomic E-state index is 12.5. The molecule has 0 N–H and O–H groups in total. The summed E-state index contributed by atoms with van der Waals surface area (Å²) in [7, 11) is 4.14. The lowest BCUT2D eigenvalue weighted by Gasteiger charge is -2.30. The van der Waals surface area contributed by atoms with Crippen molar-refractivity contribution >= 4 is 5.91 Å². The van der Waals surface area contributed by atoms with Gasteiger partial charge in [-0.15, -0.1) is 0 Å². The SMILES string of the molecule is CN(C)C[C@H]1CO[C@@]2(COCCN(C(=O)c3ccco3)C2)C1. The van der Waals surface area contributed by atoms with E-state index >= 15 is 0 Å². The normalized spacial score (nSPS) is 29.2. The van der Waals surface area contributed by atoms with Crippen LogP contribution in [0.4, 0.5) is 0 Å². The standard InChI is InChI=1S/C16H24N2O4/c1-17(2)9-13-8-16(22-10-13)11-18(5-7-20-12-16)15(19)14-4-3-6-21-14/h3-4,6,13H,5,7-12H2,1-2H3/t13-,16-/m0/s1. The van der Waals surface area contributed by atoms with E-state index in [4.69, 9.17) is 13.9 Å². The fourth-order valence-electron chi connectivity index (χ4n) is 3.42. The van der Waals surface area contributed by atoms with Crippen molar-refractivity contribution in [2.75, 3.05) is 53.6 Å². The van der Waals surface area contributed by atoms with E-state index in [1.807, 2.05) is 0 Å². The van der Waals surface area contributed by atoms with E-state index in [1.54, 1.807) is 17.0 Å². The van der Waals surface area contributed by atoms with Crippen LogP contribution >= 0.6 is 0 Å². The summed E-state index contributed by atoms with van der Waals surface area (Å²) in [5.41, 5.74) is -0.376. The molecule has 0 aliphatic carbocycles. The van der Waals surface area contributed by atoms with Crippen LogP contribution in [0.1, 0.15) is 17.0 Å². The van der Waals surface area contributed by atoms with Gasteiger partial charge in [0.15, 0.2) is 5.76 Å². The number of amides is 1. The topological polar surface area (TPSA) is 55.2 Å². The molecule has 0 aromatic carbocycles. The van der Waals surface area contributed by atoms with Crippen molar-refractivity contribution < 1.29 is 18.7 Å². The van der Waals surface area contributed by atoms with Crippen LogP contribution in [-0.4, -0.2) is 74.9 Å². The summed E-state index contributed by atoms with van der Waals surface area (Å²) in [6.45, 7) is 3.95. The number of furan rings is 1. The number of ether oxygens (including phenoxy) is 2. The highest BCUT2D eigenvalue weighted by molar-refractivity contribution is 5.91. The smallest absolute Gasteiger partial charge is 0.289 e. The molecule has 1 amide bonds. The average Bonchev–Trinajstić information content (AvgIpc) is 3.07. The lowest BCUT2D eigenvalue weighted by atomic mass is 9.94. The highest BCUT2D eigenvalue weighted by atomic mass is 16.5. The van der Waals surface area contributed by atoms with Crippen molar-refractivity contribution in [1.29, 1.82) is 0 Å². The Labute approximate surface area is 131 Å². The summed E-state index contributed by atoms with van der Waals surface area (Å²) in [6.07, 6.45) is 2.45. The molecule has 2 aliphatic rings. The summed E-state index contributed by atoms with van der Waals surface area (Å²) in [4.78, 5) is 16.5. The van der Waals surface area contributed by atoms with E-state index in [-0.39, 0.29) is 11.5 Å². The number of hydrogen-bond acceptors (Lipinski definition) is 5. The Balaban J connectivity index is 1.69. The molecule has 3 heterocycles. The molecule has 122 valence electrons. The first-order valence-electron chi connectivity index (χ1n) is 7.77. The number of hydrogen-bond donors (Lipinski definition) is 0. The maximum Gasteiger partial charge on any atom is 0.289 e. The molecule has 2 fully saturated rings. The molecule has 3 rings (SSSR count). The highest BCUT2D eigenvalue weighted by Gasteiger charge is 2.44. The van der Waals surface area contributed by atoms with Crippen molar-refractivity contribution in [2.24, 2.45) is 5.92 Å². The van der Waals surface area contributed by atoms with E-state index in [0.717, 1.165) is 19.6 Å². The number of carbonyl (C=O) groups is 1. The van der Waals surface area contributed by atoms with Crippen LogP contribution in [0.25, 0.3) is 0 Å². The van der Waals surface area contributed by atoms with Gasteiger partial charge >= 0.3 is 0 Å². The Morgan fingerprint density at radius 1 is 1.50 bits per heavy atom. The molecule has 1 aromatic rings. The molecule has 6 heteroatoms. The lowest BCUT2D eigenvalue weighted by molar-refractivity contribution is -0.0540. The largest absolute Gasteiger partial charge is 0.459 e. The second kappa shape index (κ2) is 6.40. The van der Waals surface area contributed by atoms with E-state index in [2.05, 4.69) is 19.0 Å². The zero-order valence-corrected chi connectivity index (χ0v) is 13.3. The zero-order valence-electron chi connectivity index (χ0n) is 13.3. The molecule has 0 bridgehead atoms. The fraction of sp³-hybridized carbons (Fsp3) is 0.688. The van der Waals surface area contributed by atoms with Crippen LogP contribution in [0.15, 0.2) is 22.8 Å². The fourth-order valence-corrected chi connectivity index (χ4v) is 3.42. The van der Waals surface area contributed by atoms with Gasteiger partial charge < -0.3 is 23.7 Å². The van der Waals surface area contributed by atoms with Gasteiger partial charge in [0, 0.05) is 13.1 Å². The van der Waals surface area contributed by atoms with Crippen LogP contribution in [0.2, 0.25) is 0 Å². The Bertz CT molecular complexity index is 502. The maximum absolute atomic E-state index is 12.5. The van der Waals surface area contributed by atoms with Crippen molar-refractivity contribution in [3.8, 4) is 0 Å². The van der Waals surface area contributed by atoms with Crippen LogP contribution in [0.3, 0.4) is 0 Å². The van der Waals surface area contributed by atoms with Crippen molar-refractivity contribution in [3.63, 3.8) is 0 Å². The predicted octanol–water partition coefficient (Wildman–Crippen LogP) is 1.09. The third kappa shape index (κ3) is 3.34. The first kappa shape index (κ1) is 15.5. The monoisotopic (exact) mass is 308 g/mol. The Morgan fingerprint density at radius 3 is 3.09 bits per heavy atom. The van der Waals surface area contributed by atoms with Gasteiger partial charge in [-0.2, -0.15) is 0 Å². The predicted molar refractivity (Wildman–Crippen MR) is 80.8 cm³/mol. The number of carbonyl (C=O) groups excluding carboxylic acids is 1. The number of nitrogens with zero attached hydrogens (tertiary/aromatic N) is 2. The van der Waals surface area contributed by atoms with E-state index in [0.29, 0.717) is 38.0 Å². The zero-order chi connectivity index (χ0) is 15.6. The Kier molecular flexibility index (Phi) is 4.52. The lowest BCUT2D eigenvalue weighted by Crippen LogP contribution is -2.46. The number of rotatable bonds is 3. The van der Waals surface area contributed by atoms with Crippen LogP contribution in [-0.2, 0) is 9.47 Å². The highest BCUT2D eigenvalue weighted by Crippen LogP contribution is 2.33. The van der Waals surface area contributed by atoms with Gasteiger partial charge in [-0.1, -0.05) is 0 Å². The van der Waals surface area contributed by atoms with E-state index < -0.39 is 0 Å². The second-order valence-corrected chi connectivity index (χ2v) is 6.58. The molecule has 2 aliphatic heterocycles. The Morgan fingerprint density at radius 2 is 2.36 bits per heavy atom. The van der Waals surface area contributed by atoms with Gasteiger partial charge in [0.2, 0.25) is 0 Å². The third-order valence-corrected chi connectivity index (χ3v) is 4.28. The van der Waals surface area contributed by atoms with Crippen molar-refractivity contribution in [3.05, 3.63) is 24.2 Å². The molecular weight excluding hydrogens is 284 g/mol. The molecule has 1 aromatic heterocycles. The minimum Gasteiger partial charge on any atom is -0.459 e. The Hall–Kier alpha value is -1.37. The van der Waals surface area contributed by atoms with Crippen LogP contribution < -0.4 is 0 Å². The molecule has 2 saturated heterocycles. The molecule has 0 unspecified atom stereocenters. The van der Waals surface area contributed by atoms with Crippen LogP contribution in [0, 0.1) is 5.92 Å². The summed E-state index contributed by atoms with van der Waals surface area (Å²) in [5, 5.41) is 0. The summed E-state index contributed by atoms with van der Waals surface area (Å²) >= 11 is 0. The van der Waals surface area contributed by atoms with Gasteiger partial charge in [-0.25, -0.2) is 0 Å². The van der Waals surface area contributed by atoms with Gasteiger partial charge in [-0.05, 0) is 38.6 Å². The van der Waals surface area contributed by atoms with Gasteiger partial charge in [0.05, 0.1) is 32.6 Å². The third-order valence-electron chi connectivity index (χ3n) is 4.28. The minimum atomic E-state index is -0.376. The van der Waals surface area contributed by atoms with Gasteiger partial charge in [-0.3, -0.25) is 4.79 Å². The summed E-state index contributed by atoms with van der Waals surface area (Å²) in [5.74, 6) is 0.770.